The Morgan fingerprint density at radius 2 is 2.00 bits per heavy atom. The molecule has 1 aromatic rings. The monoisotopic (exact) mass is 305 g/mol. The number of azo groups is 1. The third-order valence-corrected chi connectivity index (χ3v) is 2.18. The Labute approximate surface area is 116 Å². The molecule has 10 heteroatoms. The minimum absolute atomic E-state index is 0.0800. The van der Waals surface area contributed by atoms with Gasteiger partial charge in [0.05, 0.1) is 5.69 Å². The van der Waals surface area contributed by atoms with Crippen LogP contribution in [-0.2, 0) is 4.79 Å². The molecular weight excluding hydrogens is 295 g/mol. The summed E-state index contributed by atoms with van der Waals surface area (Å²) in [5, 5.41) is 33.5. The van der Waals surface area contributed by atoms with Crippen LogP contribution in [0.3, 0.4) is 0 Å². The second-order valence-corrected chi connectivity index (χ2v) is 3.81. The summed E-state index contributed by atoms with van der Waals surface area (Å²) in [6, 6.07) is 4.88. The highest BCUT2D eigenvalue weighted by molar-refractivity contribution is 5.93. The summed E-state index contributed by atoms with van der Waals surface area (Å²) in [6.45, 7) is 0.782. The van der Waals surface area contributed by atoms with Crippen LogP contribution in [0.4, 0.5) is 24.5 Å². The van der Waals surface area contributed by atoms with Gasteiger partial charge in [-0.3, -0.25) is 4.79 Å². The van der Waals surface area contributed by atoms with Gasteiger partial charge in [0, 0.05) is 19.1 Å². The molecule has 0 bridgehead atoms. The van der Waals surface area contributed by atoms with Gasteiger partial charge in [-0.1, -0.05) is 6.07 Å². The molecule has 0 aliphatic carbocycles. The number of alkyl halides is 3. The lowest BCUT2D eigenvalue weighted by atomic mass is 10.2. The number of quaternary nitrogens is 1. The molecule has 0 amide bonds. The number of hydrogen-bond acceptors (Lipinski definition) is 6. The van der Waals surface area contributed by atoms with Crippen LogP contribution >= 0.6 is 0 Å². The van der Waals surface area contributed by atoms with Crippen molar-refractivity contribution in [1.82, 2.24) is 0 Å². The molecule has 21 heavy (non-hydrogen) atoms. The van der Waals surface area contributed by atoms with E-state index in [1.807, 2.05) is 0 Å². The summed E-state index contributed by atoms with van der Waals surface area (Å²) in [4.78, 5) is 11.1. The van der Waals surface area contributed by atoms with Crippen LogP contribution in [0.2, 0.25) is 0 Å². The van der Waals surface area contributed by atoms with Crippen molar-refractivity contribution in [2.24, 2.45) is 10.2 Å². The van der Waals surface area contributed by atoms with Gasteiger partial charge < -0.3 is 10.3 Å². The van der Waals surface area contributed by atoms with Crippen LogP contribution < -0.4 is 5.23 Å². The van der Waals surface area contributed by atoms with Gasteiger partial charge in [0.1, 0.15) is 0 Å². The lowest BCUT2D eigenvalue weighted by Crippen LogP contribution is -2.99. The molecule has 0 spiro atoms. The number of halogens is 3. The van der Waals surface area contributed by atoms with Gasteiger partial charge in [-0.15, -0.1) is 5.11 Å². The molecule has 7 nitrogen and oxygen atoms in total. The van der Waals surface area contributed by atoms with Crippen molar-refractivity contribution in [3.63, 3.8) is 0 Å². The maximum absolute atomic E-state index is 12.3. The Morgan fingerprint density at radius 3 is 2.48 bits per heavy atom. The number of benzene rings is 1. The van der Waals surface area contributed by atoms with Crippen molar-refractivity contribution >= 4 is 17.2 Å². The van der Waals surface area contributed by atoms with Crippen molar-refractivity contribution in [2.75, 3.05) is 0 Å². The molecule has 1 aromatic carbocycles. The summed E-state index contributed by atoms with van der Waals surface area (Å²) < 4.78 is 36.9. The zero-order valence-electron chi connectivity index (χ0n) is 10.5. The van der Waals surface area contributed by atoms with Crippen molar-refractivity contribution in [3.8, 4) is 0 Å². The number of carbonyl (C=O) groups is 1. The van der Waals surface area contributed by atoms with Gasteiger partial charge >= 0.3 is 6.18 Å². The summed E-state index contributed by atoms with van der Waals surface area (Å²) in [6.07, 6.45) is -5.14. The van der Waals surface area contributed by atoms with Gasteiger partial charge in [0.15, 0.2) is 17.2 Å². The number of ketones is 1. The number of rotatable bonds is 4. The highest BCUT2D eigenvalue weighted by atomic mass is 19.4. The quantitative estimate of drug-likeness (QED) is 0.342. The Kier molecular flexibility index (Phi) is 5.13. The number of hydrogen-bond donors (Lipinski definition) is 3. The lowest BCUT2D eigenvalue weighted by Gasteiger charge is -2.11. The fraction of sp³-hybridized carbons (Fsp3) is 0.182. The summed E-state index contributed by atoms with van der Waals surface area (Å²) in [7, 11) is 0. The Bertz CT molecular complexity index is 597. The highest BCUT2D eigenvalue weighted by Crippen LogP contribution is 2.27. The van der Waals surface area contributed by atoms with E-state index in [1.54, 1.807) is 0 Å². The third-order valence-electron chi connectivity index (χ3n) is 2.18. The molecule has 3 N–H and O–H groups in total. The molecule has 0 saturated carbocycles. The fourth-order valence-corrected chi connectivity index (χ4v) is 1.23. The number of nitrogens with zero attached hydrogens (tertiary/aromatic N) is 2. The highest BCUT2D eigenvalue weighted by Gasteiger charge is 2.38. The molecule has 1 rings (SSSR count). The zero-order chi connectivity index (χ0) is 16.2. The SMILES string of the molecule is CC(=O)C(N=Nc1cccc([NH+]([O-])O)c1)=C(O)C(F)(F)F. The number of aliphatic hydroxyl groups is 1. The second kappa shape index (κ2) is 6.43. The molecule has 0 aromatic heterocycles. The Morgan fingerprint density at radius 1 is 1.38 bits per heavy atom. The average molecular weight is 305 g/mol. The van der Waals surface area contributed by atoms with Crippen LogP contribution in [-0.4, -0.2) is 22.3 Å². The van der Waals surface area contributed by atoms with Crippen LogP contribution in [0, 0.1) is 5.21 Å². The van der Waals surface area contributed by atoms with Crippen LogP contribution in [0.1, 0.15) is 6.92 Å². The molecule has 0 aliphatic heterocycles. The number of aliphatic hydroxyl groups excluding tert-OH is 1. The minimum Gasteiger partial charge on any atom is -0.595 e. The number of nitrogens with one attached hydrogen (secondary N) is 1. The maximum atomic E-state index is 12.3. The molecule has 0 fully saturated rings. The van der Waals surface area contributed by atoms with Crippen molar-refractivity contribution in [3.05, 3.63) is 40.9 Å². The minimum atomic E-state index is -5.14. The van der Waals surface area contributed by atoms with Gasteiger partial charge in [-0.2, -0.15) is 23.5 Å². The van der Waals surface area contributed by atoms with E-state index in [-0.39, 0.29) is 11.4 Å². The van der Waals surface area contributed by atoms with E-state index in [2.05, 4.69) is 10.2 Å². The second-order valence-electron chi connectivity index (χ2n) is 3.81. The molecule has 1 atom stereocenters. The lowest BCUT2D eigenvalue weighted by molar-refractivity contribution is -0.991. The van der Waals surface area contributed by atoms with E-state index >= 15 is 0 Å². The average Bonchev–Trinajstić information content (AvgIpc) is 2.37. The standard InChI is InChI=1S/C11H10F3N3O4/c1-6(18)9(10(19)11(12,13)14)16-15-7-3-2-4-8(5-7)17(20)21/h2-5,17,19-20H,1H3. The van der Waals surface area contributed by atoms with Crippen molar-refractivity contribution < 1.29 is 33.5 Å². The van der Waals surface area contributed by atoms with E-state index in [0.717, 1.165) is 13.0 Å². The largest absolute Gasteiger partial charge is 0.595 e. The molecule has 114 valence electrons. The summed E-state index contributed by atoms with van der Waals surface area (Å²) >= 11 is 0. The normalized spacial score (nSPS) is 15.0. The van der Waals surface area contributed by atoms with E-state index in [4.69, 9.17) is 10.3 Å². The molecule has 0 aliphatic rings. The molecular formula is C11H10F3N3O4. The van der Waals surface area contributed by atoms with Gasteiger partial charge in [-0.25, -0.2) is 5.21 Å². The first kappa shape index (κ1) is 16.8. The summed E-state index contributed by atoms with van der Waals surface area (Å²) in [5.74, 6) is -3.30. The van der Waals surface area contributed by atoms with Gasteiger partial charge in [0.2, 0.25) is 5.76 Å². The van der Waals surface area contributed by atoms with Crippen molar-refractivity contribution in [2.45, 2.75) is 13.1 Å². The van der Waals surface area contributed by atoms with Gasteiger partial charge in [-0.05, 0) is 6.07 Å². The fourth-order valence-electron chi connectivity index (χ4n) is 1.23. The van der Waals surface area contributed by atoms with Crippen LogP contribution in [0.15, 0.2) is 46.0 Å². The predicted octanol–water partition coefficient (Wildman–Crippen LogP) is 2.09. The van der Waals surface area contributed by atoms with E-state index < -0.39 is 28.6 Å². The number of carbonyl (C=O) groups excluding carboxylic acids is 1. The topological polar surface area (TPSA) is 110 Å². The molecule has 1 unspecified atom stereocenters. The molecule has 0 saturated heterocycles. The van der Waals surface area contributed by atoms with Crippen LogP contribution in [0.5, 0.6) is 0 Å². The molecule has 0 radical (unpaired) electrons. The molecule has 0 heterocycles. The zero-order valence-corrected chi connectivity index (χ0v) is 10.5. The van der Waals surface area contributed by atoms with Gasteiger partial charge in [0.25, 0.3) is 0 Å². The van der Waals surface area contributed by atoms with E-state index in [1.165, 1.54) is 18.2 Å². The predicted molar refractivity (Wildman–Crippen MR) is 63.1 cm³/mol. The number of allylic oxidation sites excluding steroid dienone is 2. The third kappa shape index (κ3) is 4.63. The first-order valence-corrected chi connectivity index (χ1v) is 5.39. The Hall–Kier alpha value is -2.30. The number of Topliss-reactive ketones (excluding diaryl/α,β-unsaturated/α-hetero) is 1. The Balaban J connectivity index is 3.17. The van der Waals surface area contributed by atoms with E-state index in [9.17, 15) is 23.2 Å². The smallest absolute Gasteiger partial charge is 0.451 e. The van der Waals surface area contributed by atoms with E-state index in [0.29, 0.717) is 0 Å². The van der Waals surface area contributed by atoms with Crippen molar-refractivity contribution in [1.29, 1.82) is 0 Å². The summed E-state index contributed by atoms with van der Waals surface area (Å²) in [5.41, 5.74) is -1.49. The first-order chi connectivity index (χ1) is 9.62. The first-order valence-electron chi connectivity index (χ1n) is 5.39. The van der Waals surface area contributed by atoms with Crippen LogP contribution in [0.25, 0.3) is 0 Å². The maximum Gasteiger partial charge on any atom is 0.451 e.